The summed E-state index contributed by atoms with van der Waals surface area (Å²) < 4.78 is 1.41. The molecule has 0 aliphatic carbocycles. The molecule has 3 unspecified atom stereocenters. The van der Waals surface area contributed by atoms with E-state index in [0.717, 1.165) is 47.3 Å². The number of hydrogen-bond donors (Lipinski definition) is 1. The van der Waals surface area contributed by atoms with Gasteiger partial charge in [0.15, 0.2) is 0 Å². The Labute approximate surface area is 236 Å². The molecule has 11 nitrogen and oxygen atoms in total. The number of thioether (sulfide) groups is 1. The van der Waals surface area contributed by atoms with E-state index in [1.54, 1.807) is 17.0 Å². The molecular weight excluding hydrogens is 556 g/mol. The predicted octanol–water partition coefficient (Wildman–Crippen LogP) is 3.33. The Morgan fingerprint density at radius 1 is 0.975 bits per heavy atom. The van der Waals surface area contributed by atoms with Gasteiger partial charge in [0, 0.05) is 36.0 Å². The number of nitro groups is 1. The molecular formula is C27H24N4O7S2. The smallest absolute Gasteiger partial charge is 0.308 e. The molecule has 0 spiro atoms. The van der Waals surface area contributed by atoms with Crippen molar-refractivity contribution in [2.45, 2.75) is 42.0 Å². The molecule has 4 heterocycles. The maximum Gasteiger partial charge on any atom is 0.308 e. The van der Waals surface area contributed by atoms with Crippen LogP contribution in [0.15, 0.2) is 58.4 Å². The number of piperidine rings is 1. The van der Waals surface area contributed by atoms with E-state index >= 15 is 0 Å². The van der Waals surface area contributed by atoms with Crippen LogP contribution in [0.2, 0.25) is 0 Å². The van der Waals surface area contributed by atoms with Crippen molar-refractivity contribution >= 4 is 52.2 Å². The lowest BCUT2D eigenvalue weighted by Gasteiger charge is -2.31. The quantitative estimate of drug-likeness (QED) is 0.275. The first-order chi connectivity index (χ1) is 19.2. The maximum atomic E-state index is 13.9. The summed E-state index contributed by atoms with van der Waals surface area (Å²) in [5.74, 6) is -2.61. The Balaban J connectivity index is 1.41. The maximum absolute atomic E-state index is 13.9. The van der Waals surface area contributed by atoms with Gasteiger partial charge in [0.05, 0.1) is 21.6 Å². The SMILES string of the molecule is O=C(Cn1c2c(sc1=O)C(c1ccc(O)cc1)C1C(=O)N(c3ccc([N+](=O)[O-])cc3)C(=O)C1S2)N1CCCCC1. The van der Waals surface area contributed by atoms with Crippen LogP contribution in [0.25, 0.3) is 0 Å². The molecule has 3 aliphatic rings. The zero-order valence-corrected chi connectivity index (χ0v) is 22.7. The number of non-ortho nitro benzene ring substituents is 1. The van der Waals surface area contributed by atoms with Crippen molar-refractivity contribution in [3.05, 3.63) is 78.8 Å². The minimum Gasteiger partial charge on any atom is -0.508 e. The first-order valence-corrected chi connectivity index (χ1v) is 14.5. The highest BCUT2D eigenvalue weighted by Gasteiger charge is 2.56. The minimum absolute atomic E-state index is 0.0323. The van der Waals surface area contributed by atoms with Crippen molar-refractivity contribution in [1.82, 2.24) is 9.47 Å². The fourth-order valence-corrected chi connectivity index (χ4v) is 8.43. The summed E-state index contributed by atoms with van der Waals surface area (Å²) in [5.41, 5.74) is 0.707. The van der Waals surface area contributed by atoms with Gasteiger partial charge in [-0.3, -0.25) is 33.9 Å². The topological polar surface area (TPSA) is 143 Å². The highest BCUT2D eigenvalue weighted by Crippen LogP contribution is 2.54. The van der Waals surface area contributed by atoms with Gasteiger partial charge in [-0.05, 0) is 49.1 Å². The highest BCUT2D eigenvalue weighted by molar-refractivity contribution is 8.00. The van der Waals surface area contributed by atoms with Crippen molar-refractivity contribution in [1.29, 1.82) is 0 Å². The number of nitrogens with zero attached hydrogens (tertiary/aromatic N) is 4. The number of thiazole rings is 1. The lowest BCUT2D eigenvalue weighted by molar-refractivity contribution is -0.384. The number of amides is 3. The second-order valence-electron chi connectivity index (χ2n) is 9.98. The van der Waals surface area contributed by atoms with Gasteiger partial charge < -0.3 is 10.0 Å². The summed E-state index contributed by atoms with van der Waals surface area (Å²) in [5, 5.41) is 20.6. The third kappa shape index (κ3) is 4.38. The second-order valence-corrected chi connectivity index (χ2v) is 12.1. The molecule has 1 N–H and O–H groups in total. The first-order valence-electron chi connectivity index (χ1n) is 12.8. The molecule has 3 aliphatic heterocycles. The van der Waals surface area contributed by atoms with E-state index < -0.39 is 33.8 Å². The van der Waals surface area contributed by atoms with E-state index in [9.17, 15) is 34.4 Å². The van der Waals surface area contributed by atoms with Gasteiger partial charge in [0.2, 0.25) is 17.7 Å². The number of hydrogen-bond acceptors (Lipinski definition) is 9. The Morgan fingerprint density at radius 2 is 1.65 bits per heavy atom. The van der Waals surface area contributed by atoms with Crippen molar-refractivity contribution in [2.75, 3.05) is 18.0 Å². The Kier molecular flexibility index (Phi) is 6.70. The van der Waals surface area contributed by atoms with Gasteiger partial charge in [0.1, 0.15) is 17.5 Å². The number of benzene rings is 2. The normalized spacial score (nSPS) is 22.2. The van der Waals surface area contributed by atoms with Crippen LogP contribution in [0.1, 0.15) is 35.6 Å². The molecule has 13 heteroatoms. The van der Waals surface area contributed by atoms with Crippen LogP contribution in [0.4, 0.5) is 11.4 Å². The molecule has 3 aromatic rings. The number of likely N-dealkylation sites (tertiary alicyclic amines) is 1. The number of fused-ring (bicyclic) bond motifs is 2. The summed E-state index contributed by atoms with van der Waals surface area (Å²) in [6.07, 6.45) is 2.89. The van der Waals surface area contributed by atoms with Crippen molar-refractivity contribution in [2.24, 2.45) is 5.92 Å². The van der Waals surface area contributed by atoms with Gasteiger partial charge in [-0.2, -0.15) is 0 Å². The third-order valence-electron chi connectivity index (χ3n) is 7.62. The summed E-state index contributed by atoms with van der Waals surface area (Å²) in [6, 6.07) is 11.5. The van der Waals surface area contributed by atoms with Gasteiger partial charge in [-0.1, -0.05) is 35.2 Å². The predicted molar refractivity (Wildman–Crippen MR) is 148 cm³/mol. The number of anilines is 1. The monoisotopic (exact) mass is 580 g/mol. The van der Waals surface area contributed by atoms with E-state index in [1.807, 2.05) is 0 Å². The number of aromatic hydroxyl groups is 1. The Hall–Kier alpha value is -3.97. The molecule has 2 fully saturated rings. The third-order valence-corrected chi connectivity index (χ3v) is 10.2. The average Bonchev–Trinajstić information content (AvgIpc) is 3.40. The summed E-state index contributed by atoms with van der Waals surface area (Å²) >= 11 is 2.08. The van der Waals surface area contributed by atoms with Gasteiger partial charge in [0.25, 0.3) is 5.69 Å². The van der Waals surface area contributed by atoms with Crippen LogP contribution >= 0.6 is 23.1 Å². The van der Waals surface area contributed by atoms with E-state index in [-0.39, 0.29) is 34.4 Å². The lowest BCUT2D eigenvalue weighted by Crippen LogP contribution is -2.39. The molecule has 2 aromatic carbocycles. The number of imide groups is 1. The van der Waals surface area contributed by atoms with E-state index in [4.69, 9.17) is 0 Å². The molecule has 40 heavy (non-hydrogen) atoms. The standard InChI is InChI=1S/C27H24N4O7S2/c32-18-10-4-15(5-11-18)20-21-22(25(35)30(24(21)34)16-6-8-17(9-7-16)31(37)38)39-26-23(20)40-27(36)29(26)14-19(33)28-12-2-1-3-13-28/h4-11,20-22,32H,1-3,12-14H2. The average molecular weight is 581 g/mol. The number of nitro benzene ring substituents is 1. The van der Waals surface area contributed by atoms with Crippen molar-refractivity contribution in [3.8, 4) is 5.75 Å². The molecule has 0 saturated carbocycles. The van der Waals surface area contributed by atoms with Crippen molar-refractivity contribution in [3.63, 3.8) is 0 Å². The van der Waals surface area contributed by atoms with Crippen LogP contribution in [-0.4, -0.2) is 55.6 Å². The van der Waals surface area contributed by atoms with E-state index in [2.05, 4.69) is 0 Å². The van der Waals surface area contributed by atoms with Crippen LogP contribution in [0.5, 0.6) is 5.75 Å². The number of rotatable bonds is 5. The number of aromatic nitrogens is 1. The minimum atomic E-state index is -0.876. The number of phenolic OH excluding ortho intramolecular Hbond substituents is 1. The van der Waals surface area contributed by atoms with E-state index in [1.165, 1.54) is 41.0 Å². The molecule has 1 aromatic heterocycles. The van der Waals surface area contributed by atoms with Crippen LogP contribution < -0.4 is 9.77 Å². The zero-order valence-electron chi connectivity index (χ0n) is 21.1. The molecule has 0 bridgehead atoms. The first kappa shape index (κ1) is 26.3. The lowest BCUT2D eigenvalue weighted by atomic mass is 9.83. The molecule has 3 atom stereocenters. The molecule has 6 rings (SSSR count). The summed E-state index contributed by atoms with van der Waals surface area (Å²) in [7, 11) is 0. The fraction of sp³-hybridized carbons (Fsp3) is 0.333. The van der Waals surface area contributed by atoms with E-state index in [0.29, 0.717) is 28.6 Å². The van der Waals surface area contributed by atoms with Crippen LogP contribution in [0, 0.1) is 16.0 Å². The highest BCUT2D eigenvalue weighted by atomic mass is 32.2. The summed E-state index contributed by atoms with van der Waals surface area (Å²) in [6.45, 7) is 1.14. The second kappa shape index (κ2) is 10.2. The molecule has 206 valence electrons. The van der Waals surface area contributed by atoms with Gasteiger partial charge in [-0.25, -0.2) is 4.90 Å². The number of carbonyl (C=O) groups excluding carboxylic acids is 3. The molecule has 2 saturated heterocycles. The number of carbonyl (C=O) groups is 3. The van der Waals surface area contributed by atoms with Gasteiger partial charge in [-0.15, -0.1) is 0 Å². The Bertz CT molecular complexity index is 1580. The number of phenols is 1. The van der Waals surface area contributed by atoms with Crippen molar-refractivity contribution < 1.29 is 24.4 Å². The summed E-state index contributed by atoms with van der Waals surface area (Å²) in [4.78, 5) is 67.6. The van der Waals surface area contributed by atoms with Crippen LogP contribution in [0.3, 0.4) is 0 Å². The molecule has 0 radical (unpaired) electrons. The van der Waals surface area contributed by atoms with Gasteiger partial charge >= 0.3 is 4.87 Å². The zero-order chi connectivity index (χ0) is 28.1. The Morgan fingerprint density at radius 3 is 2.30 bits per heavy atom. The van der Waals surface area contributed by atoms with Crippen LogP contribution in [-0.2, 0) is 20.9 Å². The largest absolute Gasteiger partial charge is 0.508 e. The fourth-order valence-electron chi connectivity index (χ4n) is 5.65. The molecule has 3 amide bonds.